The molecule has 3 heterocycles. The molecule has 2 amide bonds. The number of carbonyl (C=O) groups is 2. The van der Waals surface area contributed by atoms with Gasteiger partial charge in [-0.1, -0.05) is 12.1 Å². The summed E-state index contributed by atoms with van der Waals surface area (Å²) >= 11 is 0. The van der Waals surface area contributed by atoms with Gasteiger partial charge in [-0.15, -0.1) is 0 Å². The third-order valence-electron chi connectivity index (χ3n) is 9.93. The second-order valence-corrected chi connectivity index (χ2v) is 11.8. The zero-order chi connectivity index (χ0) is 23.0. The van der Waals surface area contributed by atoms with E-state index in [9.17, 15) is 14.7 Å². The lowest BCUT2D eigenvalue weighted by atomic mass is 9.49. The minimum atomic E-state index is -0.192. The minimum Gasteiger partial charge on any atom is -0.508 e. The van der Waals surface area contributed by atoms with Gasteiger partial charge in [0.05, 0.1) is 0 Å². The monoisotopic (exact) mass is 461 g/mol. The minimum absolute atomic E-state index is 0.00417. The smallest absolute Gasteiger partial charge is 0.259 e. The van der Waals surface area contributed by atoms with Gasteiger partial charge in [-0.2, -0.15) is 0 Å². The zero-order valence-electron chi connectivity index (χ0n) is 19.8. The SMILES string of the molecule is O=C1NC2C[C@]34CCN(CC5CC5)[C@H](Cc5ccc(O)cc53)[C@@H]4CC2C=C1C(=O)N1CCCC1. The van der Waals surface area contributed by atoms with Gasteiger partial charge in [-0.05, 0) is 98.9 Å². The second kappa shape index (κ2) is 7.58. The summed E-state index contributed by atoms with van der Waals surface area (Å²) in [6.45, 7) is 3.85. The first-order chi connectivity index (χ1) is 16.5. The largest absolute Gasteiger partial charge is 0.508 e. The molecule has 2 N–H and O–H groups in total. The van der Waals surface area contributed by atoms with E-state index in [1.54, 1.807) is 0 Å². The molecule has 1 aromatic carbocycles. The third-order valence-corrected chi connectivity index (χ3v) is 9.93. The van der Waals surface area contributed by atoms with Crippen LogP contribution in [0.4, 0.5) is 0 Å². The van der Waals surface area contributed by atoms with Crippen LogP contribution in [0.2, 0.25) is 0 Å². The molecule has 2 saturated heterocycles. The fourth-order valence-corrected chi connectivity index (χ4v) is 8.10. The van der Waals surface area contributed by atoms with Crippen molar-refractivity contribution in [2.45, 2.75) is 68.9 Å². The number of carbonyl (C=O) groups excluding carboxylic acids is 2. The zero-order valence-corrected chi connectivity index (χ0v) is 19.8. The number of likely N-dealkylation sites (tertiary alicyclic amines) is 2. The molecule has 2 unspecified atom stereocenters. The lowest BCUT2D eigenvalue weighted by Crippen LogP contribution is -2.66. The number of fused-ring (bicyclic) bond motifs is 2. The van der Waals surface area contributed by atoms with E-state index in [0.717, 1.165) is 64.1 Å². The van der Waals surface area contributed by atoms with E-state index in [4.69, 9.17) is 0 Å². The van der Waals surface area contributed by atoms with Crippen LogP contribution in [0.1, 0.15) is 56.1 Å². The van der Waals surface area contributed by atoms with Crippen LogP contribution in [0.15, 0.2) is 29.8 Å². The van der Waals surface area contributed by atoms with Crippen LogP contribution >= 0.6 is 0 Å². The molecular weight excluding hydrogens is 426 g/mol. The van der Waals surface area contributed by atoms with Gasteiger partial charge in [0.2, 0.25) is 0 Å². The highest BCUT2D eigenvalue weighted by atomic mass is 16.3. The van der Waals surface area contributed by atoms with Gasteiger partial charge < -0.3 is 15.3 Å². The molecule has 6 heteroatoms. The summed E-state index contributed by atoms with van der Waals surface area (Å²) in [5.74, 6) is 1.64. The van der Waals surface area contributed by atoms with E-state index in [1.807, 2.05) is 23.1 Å². The van der Waals surface area contributed by atoms with Crippen molar-refractivity contribution in [1.82, 2.24) is 15.1 Å². The molecule has 34 heavy (non-hydrogen) atoms. The number of hydrogen-bond acceptors (Lipinski definition) is 4. The van der Waals surface area contributed by atoms with Crippen molar-refractivity contribution in [1.29, 1.82) is 0 Å². The molecule has 0 spiro atoms. The van der Waals surface area contributed by atoms with Crippen molar-refractivity contribution in [2.75, 3.05) is 26.2 Å². The van der Waals surface area contributed by atoms with Gasteiger partial charge in [0, 0.05) is 37.1 Å². The highest BCUT2D eigenvalue weighted by Gasteiger charge is 2.58. The Hall–Kier alpha value is -2.34. The van der Waals surface area contributed by atoms with Crippen LogP contribution in [0.25, 0.3) is 0 Å². The summed E-state index contributed by atoms with van der Waals surface area (Å²) in [7, 11) is 0. The highest BCUT2D eigenvalue weighted by molar-refractivity contribution is 6.19. The predicted octanol–water partition coefficient (Wildman–Crippen LogP) is 2.74. The number of piperidine rings is 1. The van der Waals surface area contributed by atoms with Crippen LogP contribution < -0.4 is 5.32 Å². The van der Waals surface area contributed by atoms with Crippen molar-refractivity contribution >= 4 is 11.8 Å². The van der Waals surface area contributed by atoms with Crippen molar-refractivity contribution < 1.29 is 14.7 Å². The Morgan fingerprint density at radius 1 is 1.18 bits per heavy atom. The first-order valence-electron chi connectivity index (χ1n) is 13.4. The lowest BCUT2D eigenvalue weighted by Gasteiger charge is -2.62. The first-order valence-corrected chi connectivity index (χ1v) is 13.4. The van der Waals surface area contributed by atoms with E-state index in [-0.39, 0.29) is 29.2 Å². The fraction of sp³-hybridized carbons (Fsp3) is 0.643. The summed E-state index contributed by atoms with van der Waals surface area (Å²) in [6.07, 6.45) is 10.9. The van der Waals surface area contributed by atoms with Crippen LogP contribution in [0.3, 0.4) is 0 Å². The Balaban J connectivity index is 1.25. The maximum absolute atomic E-state index is 13.1. The normalized spacial score (nSPS) is 36.8. The first kappa shape index (κ1) is 21.0. The Labute approximate surface area is 201 Å². The fourth-order valence-electron chi connectivity index (χ4n) is 8.10. The number of amides is 2. The molecule has 2 saturated carbocycles. The predicted molar refractivity (Wildman–Crippen MR) is 128 cm³/mol. The number of phenolic OH excluding ortho intramolecular Hbond substituents is 1. The summed E-state index contributed by atoms with van der Waals surface area (Å²) in [6, 6.07) is 6.55. The number of nitrogens with one attached hydrogen (secondary N) is 1. The van der Waals surface area contributed by atoms with Crippen LogP contribution in [-0.2, 0) is 21.4 Å². The van der Waals surface area contributed by atoms with Gasteiger partial charge >= 0.3 is 0 Å². The molecule has 4 fully saturated rings. The van der Waals surface area contributed by atoms with Gasteiger partial charge in [0.1, 0.15) is 11.3 Å². The summed E-state index contributed by atoms with van der Waals surface area (Å²) in [4.78, 5) is 30.8. The average Bonchev–Trinajstić information content (AvgIpc) is 3.47. The van der Waals surface area contributed by atoms with E-state index in [2.05, 4.69) is 16.3 Å². The highest BCUT2D eigenvalue weighted by Crippen LogP contribution is 2.58. The molecule has 2 bridgehead atoms. The Morgan fingerprint density at radius 2 is 2.00 bits per heavy atom. The van der Waals surface area contributed by atoms with E-state index < -0.39 is 0 Å². The average molecular weight is 462 g/mol. The van der Waals surface area contributed by atoms with Crippen molar-refractivity contribution in [3.05, 3.63) is 41.0 Å². The topological polar surface area (TPSA) is 72.9 Å². The number of nitrogens with zero attached hydrogens (tertiary/aromatic N) is 2. The maximum atomic E-state index is 13.1. The molecule has 1 aromatic rings. The number of benzene rings is 1. The van der Waals surface area contributed by atoms with Gasteiger partial charge in [-0.25, -0.2) is 0 Å². The standard InChI is InChI=1S/C28H35N3O3/c32-20-6-5-18-13-25-23-12-19-11-21(27(34)30-8-1-2-9-30)26(33)29-24(19)15-28(23,22(18)14-20)7-10-31(25)16-17-3-4-17/h5-6,11,14,17,19,23-25,32H,1-4,7-10,12-13,15-16H2,(H,29,33)/t19?,23-,24?,25+,28+/m0/s1. The molecule has 6 aliphatic rings. The molecule has 3 aliphatic carbocycles. The molecule has 6 nitrogen and oxygen atoms in total. The molecule has 180 valence electrons. The molecular formula is C28H35N3O3. The van der Waals surface area contributed by atoms with Crippen LogP contribution in [0.5, 0.6) is 5.75 Å². The van der Waals surface area contributed by atoms with Crippen LogP contribution in [-0.4, -0.2) is 65.0 Å². The second-order valence-electron chi connectivity index (χ2n) is 11.8. The summed E-state index contributed by atoms with van der Waals surface area (Å²) in [5.41, 5.74) is 3.06. The van der Waals surface area contributed by atoms with Crippen molar-refractivity contribution in [2.24, 2.45) is 17.8 Å². The summed E-state index contributed by atoms with van der Waals surface area (Å²) < 4.78 is 0. The number of hydrogen-bond donors (Lipinski definition) is 2. The molecule has 0 radical (unpaired) electrons. The van der Waals surface area contributed by atoms with Crippen LogP contribution in [0, 0.1) is 17.8 Å². The van der Waals surface area contributed by atoms with Gasteiger partial charge in [-0.3, -0.25) is 14.5 Å². The number of rotatable bonds is 3. The number of aromatic hydroxyl groups is 1. The van der Waals surface area contributed by atoms with Crippen molar-refractivity contribution in [3.63, 3.8) is 0 Å². The maximum Gasteiger partial charge on any atom is 0.259 e. The lowest BCUT2D eigenvalue weighted by molar-refractivity contribution is -0.130. The summed E-state index contributed by atoms with van der Waals surface area (Å²) in [5, 5.41) is 13.7. The molecule has 7 rings (SSSR count). The Bertz CT molecular complexity index is 1070. The van der Waals surface area contributed by atoms with Crippen molar-refractivity contribution in [3.8, 4) is 5.75 Å². The quantitative estimate of drug-likeness (QED) is 0.679. The van der Waals surface area contributed by atoms with Gasteiger partial charge in [0.15, 0.2) is 0 Å². The molecule has 3 aliphatic heterocycles. The molecule has 5 atom stereocenters. The number of phenols is 1. The third kappa shape index (κ3) is 3.17. The van der Waals surface area contributed by atoms with E-state index in [1.165, 1.54) is 30.5 Å². The Kier molecular flexibility index (Phi) is 4.68. The Morgan fingerprint density at radius 3 is 2.79 bits per heavy atom. The van der Waals surface area contributed by atoms with E-state index >= 15 is 0 Å². The van der Waals surface area contributed by atoms with E-state index in [0.29, 0.717) is 23.3 Å². The molecule has 0 aromatic heterocycles. The van der Waals surface area contributed by atoms with Gasteiger partial charge in [0.25, 0.3) is 11.8 Å².